The molecule has 0 radical (unpaired) electrons. The van der Waals surface area contributed by atoms with Gasteiger partial charge in [-0.1, -0.05) is 79.4 Å². The lowest BCUT2D eigenvalue weighted by molar-refractivity contribution is 0.623. The van der Waals surface area contributed by atoms with Crippen molar-refractivity contribution in [3.63, 3.8) is 0 Å². The molecule has 0 saturated heterocycles. The van der Waals surface area contributed by atoms with Crippen LogP contribution in [-0.2, 0) is 0 Å². The molecule has 2 heteroatoms. The van der Waals surface area contributed by atoms with Gasteiger partial charge in [0.2, 0.25) is 5.89 Å². The maximum atomic E-state index is 6.31. The summed E-state index contributed by atoms with van der Waals surface area (Å²) in [5.41, 5.74) is 5.12. The Morgan fingerprint density at radius 2 is 1.53 bits per heavy atom. The van der Waals surface area contributed by atoms with E-state index in [4.69, 9.17) is 9.40 Å². The molecule has 0 aliphatic carbocycles. The molecule has 0 aliphatic rings. The second kappa shape index (κ2) is 7.21. The summed E-state index contributed by atoms with van der Waals surface area (Å²) in [5, 5.41) is 6.83. The maximum Gasteiger partial charge on any atom is 0.227 e. The number of rotatable bonds is 2. The zero-order chi connectivity index (χ0) is 21.7. The lowest BCUT2D eigenvalue weighted by Gasteiger charge is -2.08. The first-order valence-corrected chi connectivity index (χ1v) is 10.8. The van der Waals surface area contributed by atoms with E-state index >= 15 is 0 Å². The summed E-state index contributed by atoms with van der Waals surface area (Å²) in [6, 6.07) is 33.5. The summed E-state index contributed by atoms with van der Waals surface area (Å²) in [7, 11) is 0. The molecule has 0 amide bonds. The van der Waals surface area contributed by atoms with Crippen molar-refractivity contribution in [2.24, 2.45) is 0 Å². The van der Waals surface area contributed by atoms with Crippen LogP contribution in [0, 0.1) is 0 Å². The van der Waals surface area contributed by atoms with Gasteiger partial charge in [-0.05, 0) is 68.9 Å². The zero-order valence-electron chi connectivity index (χ0n) is 17.8. The van der Waals surface area contributed by atoms with Crippen LogP contribution in [0.3, 0.4) is 0 Å². The van der Waals surface area contributed by atoms with E-state index in [1.807, 2.05) is 42.5 Å². The average molecular weight is 412 g/mol. The van der Waals surface area contributed by atoms with Crippen LogP contribution in [0.1, 0.15) is 12.5 Å². The highest BCUT2D eigenvalue weighted by atomic mass is 16.3. The van der Waals surface area contributed by atoms with Crippen LogP contribution >= 0.6 is 0 Å². The van der Waals surface area contributed by atoms with E-state index in [0.29, 0.717) is 5.89 Å². The molecule has 0 saturated carbocycles. The van der Waals surface area contributed by atoms with Crippen LogP contribution in [0.4, 0.5) is 0 Å². The Hall–Kier alpha value is -4.17. The fourth-order valence-electron chi connectivity index (χ4n) is 4.51. The Morgan fingerprint density at radius 3 is 2.38 bits per heavy atom. The van der Waals surface area contributed by atoms with Crippen molar-refractivity contribution >= 4 is 44.8 Å². The number of benzene rings is 5. The molecule has 6 rings (SSSR count). The summed E-state index contributed by atoms with van der Waals surface area (Å²) in [6.07, 6.45) is 0. The van der Waals surface area contributed by atoms with Gasteiger partial charge in [0.05, 0.1) is 0 Å². The predicted octanol–water partition coefficient (Wildman–Crippen LogP) is 6.43. The highest BCUT2D eigenvalue weighted by molar-refractivity contribution is 6.18. The SMILES string of the molecule is C=c1cccc/c1=C(/C)c1ccc2c(ccc3ccc4nc(-c5ccccc5)oc4c32)c1. The first-order valence-electron chi connectivity index (χ1n) is 10.8. The number of nitrogens with zero attached hydrogens (tertiary/aromatic N) is 1. The monoisotopic (exact) mass is 411 g/mol. The lowest BCUT2D eigenvalue weighted by Crippen LogP contribution is -2.24. The molecule has 0 aliphatic heterocycles. The Morgan fingerprint density at radius 1 is 0.781 bits per heavy atom. The first kappa shape index (κ1) is 18.6. The number of hydrogen-bond acceptors (Lipinski definition) is 2. The molecule has 2 nitrogen and oxygen atoms in total. The number of aromatic nitrogens is 1. The van der Waals surface area contributed by atoms with Gasteiger partial charge in [0.25, 0.3) is 0 Å². The third kappa shape index (κ3) is 2.92. The van der Waals surface area contributed by atoms with Crippen LogP contribution < -0.4 is 10.4 Å². The normalized spacial score (nSPS) is 12.5. The number of fused-ring (bicyclic) bond motifs is 5. The quantitative estimate of drug-likeness (QED) is 0.307. The molecule has 0 N–H and O–H groups in total. The van der Waals surface area contributed by atoms with Gasteiger partial charge in [-0.3, -0.25) is 0 Å². The lowest BCUT2D eigenvalue weighted by atomic mass is 9.96. The van der Waals surface area contributed by atoms with Crippen molar-refractivity contribution in [2.75, 3.05) is 0 Å². The van der Waals surface area contributed by atoms with E-state index in [1.54, 1.807) is 0 Å². The molecular weight excluding hydrogens is 390 g/mol. The van der Waals surface area contributed by atoms with Gasteiger partial charge in [0.15, 0.2) is 5.58 Å². The number of hydrogen-bond donors (Lipinski definition) is 0. The van der Waals surface area contributed by atoms with Crippen molar-refractivity contribution in [2.45, 2.75) is 6.92 Å². The summed E-state index contributed by atoms with van der Waals surface area (Å²) in [4.78, 5) is 4.76. The Balaban J connectivity index is 1.61. The van der Waals surface area contributed by atoms with Crippen LogP contribution in [0.5, 0.6) is 0 Å². The maximum absolute atomic E-state index is 6.31. The zero-order valence-corrected chi connectivity index (χ0v) is 17.8. The molecule has 1 aromatic heterocycles. The van der Waals surface area contributed by atoms with Gasteiger partial charge in [-0.2, -0.15) is 0 Å². The van der Waals surface area contributed by atoms with E-state index in [2.05, 4.69) is 68.1 Å². The molecule has 1 heterocycles. The van der Waals surface area contributed by atoms with Gasteiger partial charge in [0.1, 0.15) is 5.52 Å². The highest BCUT2D eigenvalue weighted by Gasteiger charge is 2.13. The Kier molecular flexibility index (Phi) is 4.19. The second-order valence-corrected chi connectivity index (χ2v) is 8.18. The standard InChI is InChI=1S/C30H21NO/c1-19-8-6-7-11-25(19)20(2)23-14-16-26-24(18-23)13-12-21-15-17-27-29(28(21)26)32-30(31-27)22-9-4-3-5-10-22/h3-18H,1H2,2H3/b25-20+. The van der Waals surface area contributed by atoms with E-state index in [-0.39, 0.29) is 0 Å². The van der Waals surface area contributed by atoms with E-state index in [1.165, 1.54) is 27.1 Å². The summed E-state index contributed by atoms with van der Waals surface area (Å²) in [5.74, 6) is 0.651. The smallest absolute Gasteiger partial charge is 0.227 e. The van der Waals surface area contributed by atoms with Gasteiger partial charge < -0.3 is 4.42 Å². The van der Waals surface area contributed by atoms with Crippen molar-refractivity contribution in [3.05, 3.63) is 113 Å². The summed E-state index contributed by atoms with van der Waals surface area (Å²) >= 11 is 0. The van der Waals surface area contributed by atoms with Crippen LogP contribution in [-0.4, -0.2) is 4.98 Å². The molecule has 0 fully saturated rings. The van der Waals surface area contributed by atoms with E-state index in [0.717, 1.165) is 32.7 Å². The highest BCUT2D eigenvalue weighted by Crippen LogP contribution is 2.35. The van der Waals surface area contributed by atoms with Crippen molar-refractivity contribution in [1.82, 2.24) is 4.98 Å². The first-order chi connectivity index (χ1) is 15.7. The second-order valence-electron chi connectivity index (χ2n) is 8.18. The molecule has 152 valence electrons. The van der Waals surface area contributed by atoms with E-state index < -0.39 is 0 Å². The largest absolute Gasteiger partial charge is 0.435 e. The molecule has 6 aromatic rings. The van der Waals surface area contributed by atoms with Crippen LogP contribution in [0.25, 0.3) is 56.3 Å². The molecule has 0 bridgehead atoms. The Bertz CT molecular complexity index is 1740. The predicted molar refractivity (Wildman–Crippen MR) is 134 cm³/mol. The van der Waals surface area contributed by atoms with E-state index in [9.17, 15) is 0 Å². The molecular formula is C30H21NO. The molecule has 32 heavy (non-hydrogen) atoms. The molecule has 5 aromatic carbocycles. The topological polar surface area (TPSA) is 26.0 Å². The molecule has 0 unspecified atom stereocenters. The van der Waals surface area contributed by atoms with Crippen molar-refractivity contribution in [3.8, 4) is 11.5 Å². The fraction of sp³-hybridized carbons (Fsp3) is 0.0333. The van der Waals surface area contributed by atoms with Gasteiger partial charge in [-0.15, -0.1) is 0 Å². The van der Waals surface area contributed by atoms with Crippen LogP contribution in [0.2, 0.25) is 0 Å². The van der Waals surface area contributed by atoms with Gasteiger partial charge >= 0.3 is 0 Å². The fourth-order valence-corrected chi connectivity index (χ4v) is 4.51. The van der Waals surface area contributed by atoms with Crippen molar-refractivity contribution in [1.29, 1.82) is 0 Å². The summed E-state index contributed by atoms with van der Waals surface area (Å²) < 4.78 is 6.31. The van der Waals surface area contributed by atoms with Crippen molar-refractivity contribution < 1.29 is 4.42 Å². The molecule has 0 atom stereocenters. The minimum absolute atomic E-state index is 0.651. The summed E-state index contributed by atoms with van der Waals surface area (Å²) in [6.45, 7) is 6.35. The minimum Gasteiger partial charge on any atom is -0.435 e. The third-order valence-electron chi connectivity index (χ3n) is 6.23. The van der Waals surface area contributed by atoms with Gasteiger partial charge in [0, 0.05) is 10.9 Å². The van der Waals surface area contributed by atoms with Crippen LogP contribution in [0.15, 0.2) is 101 Å². The average Bonchev–Trinajstić information content (AvgIpc) is 3.28. The van der Waals surface area contributed by atoms with Gasteiger partial charge in [-0.25, -0.2) is 4.98 Å². The number of oxazole rings is 1. The third-order valence-corrected chi connectivity index (χ3v) is 6.23. The Labute approximate surface area is 185 Å². The minimum atomic E-state index is 0.651. The molecule has 0 spiro atoms.